The molecule has 1 aromatic carbocycles. The largest absolute Gasteiger partial charge is 0.373 e. The Morgan fingerprint density at radius 2 is 2.00 bits per heavy atom. The van der Waals surface area contributed by atoms with Crippen molar-refractivity contribution in [2.75, 3.05) is 19.7 Å². The number of morpholine rings is 1. The lowest BCUT2D eigenvalue weighted by molar-refractivity contribution is -0.0882. The van der Waals surface area contributed by atoms with Crippen molar-refractivity contribution in [2.45, 2.75) is 26.0 Å². The molecule has 0 N–H and O–H groups in total. The van der Waals surface area contributed by atoms with Crippen molar-refractivity contribution in [3.05, 3.63) is 34.3 Å². The minimum Gasteiger partial charge on any atom is -0.373 e. The summed E-state index contributed by atoms with van der Waals surface area (Å²) < 4.78 is 6.84. The van der Waals surface area contributed by atoms with Crippen molar-refractivity contribution < 1.29 is 4.74 Å². The molecule has 1 aliphatic heterocycles. The topological polar surface area (TPSA) is 12.5 Å². The van der Waals surface area contributed by atoms with E-state index in [0.717, 1.165) is 30.7 Å². The number of hydrogen-bond acceptors (Lipinski definition) is 2. The molecule has 1 fully saturated rings. The maximum absolute atomic E-state index is 5.70. The second-order valence-corrected chi connectivity index (χ2v) is 5.86. The predicted octanol–water partition coefficient (Wildman–Crippen LogP) is 3.06. The first-order valence-corrected chi connectivity index (χ1v) is 6.45. The lowest BCUT2D eigenvalue weighted by atomic mass is 10.1. The van der Waals surface area contributed by atoms with Gasteiger partial charge >= 0.3 is 0 Å². The zero-order valence-corrected chi connectivity index (χ0v) is 11.5. The van der Waals surface area contributed by atoms with Gasteiger partial charge in [0, 0.05) is 24.1 Å². The quantitative estimate of drug-likeness (QED) is 0.827. The van der Waals surface area contributed by atoms with E-state index in [9.17, 15) is 0 Å². The molecule has 0 spiro atoms. The molecule has 0 atom stereocenters. The van der Waals surface area contributed by atoms with Crippen LogP contribution in [0.2, 0.25) is 0 Å². The van der Waals surface area contributed by atoms with Gasteiger partial charge < -0.3 is 4.74 Å². The molecule has 1 aromatic rings. The van der Waals surface area contributed by atoms with Crippen LogP contribution in [0.5, 0.6) is 0 Å². The molecule has 1 saturated heterocycles. The van der Waals surface area contributed by atoms with Crippen LogP contribution in [0.4, 0.5) is 0 Å². The van der Waals surface area contributed by atoms with Crippen LogP contribution >= 0.6 is 15.9 Å². The third-order valence-corrected chi connectivity index (χ3v) is 3.35. The van der Waals surface area contributed by atoms with Gasteiger partial charge in [-0.05, 0) is 31.5 Å². The molecular formula is C13H18BrNO. The van der Waals surface area contributed by atoms with Crippen LogP contribution in [-0.4, -0.2) is 30.2 Å². The molecule has 0 aliphatic carbocycles. The lowest BCUT2D eigenvalue weighted by Crippen LogP contribution is -2.47. The summed E-state index contributed by atoms with van der Waals surface area (Å²) in [6.45, 7) is 8.19. The van der Waals surface area contributed by atoms with E-state index < -0.39 is 0 Å². The number of hydrogen-bond donors (Lipinski definition) is 0. The van der Waals surface area contributed by atoms with Crippen LogP contribution in [-0.2, 0) is 11.3 Å². The highest BCUT2D eigenvalue weighted by Gasteiger charge is 2.26. The molecule has 1 aliphatic rings. The molecule has 0 radical (unpaired) electrons. The first-order valence-electron chi connectivity index (χ1n) is 5.66. The van der Waals surface area contributed by atoms with Crippen LogP contribution in [0.3, 0.4) is 0 Å². The van der Waals surface area contributed by atoms with Gasteiger partial charge in [-0.1, -0.05) is 28.1 Å². The highest BCUT2D eigenvalue weighted by atomic mass is 79.9. The lowest BCUT2D eigenvalue weighted by Gasteiger charge is -2.38. The number of halogens is 1. The fraction of sp³-hybridized carbons (Fsp3) is 0.538. The molecule has 2 nitrogen and oxygen atoms in total. The van der Waals surface area contributed by atoms with Gasteiger partial charge in [-0.15, -0.1) is 0 Å². The molecule has 1 heterocycles. The summed E-state index contributed by atoms with van der Waals surface area (Å²) in [5.74, 6) is 0. The number of rotatable bonds is 2. The van der Waals surface area contributed by atoms with Gasteiger partial charge in [0.1, 0.15) is 0 Å². The Hall–Kier alpha value is -0.380. The molecule has 0 saturated carbocycles. The smallest absolute Gasteiger partial charge is 0.0753 e. The van der Waals surface area contributed by atoms with Crippen molar-refractivity contribution in [1.29, 1.82) is 0 Å². The Bertz CT molecular complexity index is 347. The maximum Gasteiger partial charge on any atom is 0.0753 e. The van der Waals surface area contributed by atoms with E-state index in [2.05, 4.69) is 58.9 Å². The van der Waals surface area contributed by atoms with Gasteiger partial charge in [-0.2, -0.15) is 0 Å². The van der Waals surface area contributed by atoms with E-state index in [4.69, 9.17) is 4.74 Å². The van der Waals surface area contributed by atoms with Crippen LogP contribution in [0.1, 0.15) is 19.4 Å². The fourth-order valence-electron chi connectivity index (χ4n) is 2.10. The SMILES string of the molecule is CC1(C)CN(Cc2ccc(Br)cc2)CCO1. The summed E-state index contributed by atoms with van der Waals surface area (Å²) in [5.41, 5.74) is 1.36. The van der Waals surface area contributed by atoms with Crippen LogP contribution < -0.4 is 0 Å². The van der Waals surface area contributed by atoms with Crippen molar-refractivity contribution in [3.63, 3.8) is 0 Å². The fourth-order valence-corrected chi connectivity index (χ4v) is 2.36. The predicted molar refractivity (Wildman–Crippen MR) is 69.5 cm³/mol. The minimum absolute atomic E-state index is 0.00634. The molecule has 88 valence electrons. The summed E-state index contributed by atoms with van der Waals surface area (Å²) in [4.78, 5) is 2.45. The van der Waals surface area contributed by atoms with E-state index in [1.807, 2.05) is 0 Å². The zero-order valence-electron chi connectivity index (χ0n) is 9.87. The van der Waals surface area contributed by atoms with E-state index in [-0.39, 0.29) is 5.60 Å². The molecule has 0 unspecified atom stereocenters. The molecule has 3 heteroatoms. The van der Waals surface area contributed by atoms with Crippen LogP contribution in [0.25, 0.3) is 0 Å². The van der Waals surface area contributed by atoms with Crippen molar-refractivity contribution in [1.82, 2.24) is 4.90 Å². The van der Waals surface area contributed by atoms with Crippen LogP contribution in [0.15, 0.2) is 28.7 Å². The standard InChI is InChI=1S/C13H18BrNO/c1-13(2)10-15(7-8-16-13)9-11-3-5-12(14)6-4-11/h3-6H,7-10H2,1-2H3. The summed E-state index contributed by atoms with van der Waals surface area (Å²) in [5, 5.41) is 0. The molecule has 16 heavy (non-hydrogen) atoms. The molecular weight excluding hydrogens is 266 g/mol. The summed E-state index contributed by atoms with van der Waals surface area (Å²) in [7, 11) is 0. The average molecular weight is 284 g/mol. The number of benzene rings is 1. The summed E-state index contributed by atoms with van der Waals surface area (Å²) in [6.07, 6.45) is 0. The number of ether oxygens (including phenoxy) is 1. The van der Waals surface area contributed by atoms with E-state index in [1.54, 1.807) is 0 Å². The van der Waals surface area contributed by atoms with E-state index in [0.29, 0.717) is 0 Å². The molecule has 0 bridgehead atoms. The van der Waals surface area contributed by atoms with Gasteiger partial charge in [0.25, 0.3) is 0 Å². The second kappa shape index (κ2) is 4.86. The summed E-state index contributed by atoms with van der Waals surface area (Å²) in [6, 6.07) is 8.54. The first kappa shape index (κ1) is 12.1. The highest BCUT2D eigenvalue weighted by Crippen LogP contribution is 2.19. The molecule has 2 rings (SSSR count). The Labute approximate surface area is 106 Å². The van der Waals surface area contributed by atoms with Gasteiger partial charge in [0.15, 0.2) is 0 Å². The zero-order chi connectivity index (χ0) is 11.6. The van der Waals surface area contributed by atoms with Crippen molar-refractivity contribution in [2.24, 2.45) is 0 Å². The van der Waals surface area contributed by atoms with Gasteiger partial charge in [-0.3, -0.25) is 4.90 Å². The normalized spacial score (nSPS) is 20.9. The van der Waals surface area contributed by atoms with Crippen molar-refractivity contribution >= 4 is 15.9 Å². The van der Waals surface area contributed by atoms with E-state index >= 15 is 0 Å². The number of nitrogens with zero attached hydrogens (tertiary/aromatic N) is 1. The Morgan fingerprint density at radius 1 is 1.31 bits per heavy atom. The molecule has 0 aromatic heterocycles. The highest BCUT2D eigenvalue weighted by molar-refractivity contribution is 9.10. The third kappa shape index (κ3) is 3.30. The molecule has 0 amide bonds. The van der Waals surface area contributed by atoms with Gasteiger partial charge in [-0.25, -0.2) is 0 Å². The third-order valence-electron chi connectivity index (χ3n) is 2.82. The Balaban J connectivity index is 1.97. The van der Waals surface area contributed by atoms with Crippen LogP contribution in [0, 0.1) is 0 Å². The monoisotopic (exact) mass is 283 g/mol. The summed E-state index contributed by atoms with van der Waals surface area (Å²) >= 11 is 3.46. The van der Waals surface area contributed by atoms with E-state index in [1.165, 1.54) is 5.56 Å². The second-order valence-electron chi connectivity index (χ2n) is 4.95. The Morgan fingerprint density at radius 3 is 2.62 bits per heavy atom. The average Bonchev–Trinajstić information content (AvgIpc) is 2.20. The van der Waals surface area contributed by atoms with Gasteiger partial charge in [0.2, 0.25) is 0 Å². The first-order chi connectivity index (χ1) is 7.55. The van der Waals surface area contributed by atoms with Gasteiger partial charge in [0.05, 0.1) is 12.2 Å². The minimum atomic E-state index is -0.00634. The Kier molecular flexibility index (Phi) is 3.67. The van der Waals surface area contributed by atoms with Crippen molar-refractivity contribution in [3.8, 4) is 0 Å². The maximum atomic E-state index is 5.70.